The van der Waals surface area contributed by atoms with Crippen molar-refractivity contribution >= 4 is 17.9 Å². The Hall–Kier alpha value is -3.41. The first kappa shape index (κ1) is 77.6. The Morgan fingerprint density at radius 1 is 0.259 bits per heavy atom. The minimum atomic E-state index is -0.798. The van der Waals surface area contributed by atoms with Gasteiger partial charge in [0.05, 0.1) is 0 Å². The zero-order valence-electron chi connectivity index (χ0n) is 53.8. The number of hydrogen-bond acceptors (Lipinski definition) is 6. The maximum atomic E-state index is 12.9. The van der Waals surface area contributed by atoms with Crippen LogP contribution in [0.15, 0.2) is 85.1 Å². The molecule has 0 aromatic heterocycles. The normalized spacial score (nSPS) is 12.6. The van der Waals surface area contributed by atoms with Crippen LogP contribution in [0.5, 0.6) is 0 Å². The van der Waals surface area contributed by atoms with Gasteiger partial charge in [0.15, 0.2) is 6.10 Å². The number of ether oxygens (including phenoxy) is 3. The second kappa shape index (κ2) is 69.1. The van der Waals surface area contributed by atoms with Crippen LogP contribution in [-0.2, 0) is 28.6 Å². The predicted octanol–water partition coefficient (Wildman–Crippen LogP) is 24.2. The molecule has 0 rings (SSSR count). The van der Waals surface area contributed by atoms with Crippen molar-refractivity contribution in [1.82, 2.24) is 0 Å². The van der Waals surface area contributed by atoms with Gasteiger partial charge in [0.25, 0.3) is 0 Å². The molecule has 0 N–H and O–H groups in total. The van der Waals surface area contributed by atoms with E-state index in [2.05, 4.69) is 106 Å². The molecule has 0 saturated carbocycles. The van der Waals surface area contributed by atoms with E-state index in [-0.39, 0.29) is 31.1 Å². The summed E-state index contributed by atoms with van der Waals surface area (Å²) < 4.78 is 16.9. The van der Waals surface area contributed by atoms with Crippen LogP contribution in [-0.4, -0.2) is 37.2 Å². The van der Waals surface area contributed by atoms with E-state index in [4.69, 9.17) is 14.2 Å². The van der Waals surface area contributed by atoms with Gasteiger partial charge < -0.3 is 14.2 Å². The maximum absolute atomic E-state index is 12.9. The minimum Gasteiger partial charge on any atom is -0.462 e. The molecule has 0 spiro atoms. The van der Waals surface area contributed by atoms with Crippen molar-refractivity contribution in [3.8, 4) is 0 Å². The summed E-state index contributed by atoms with van der Waals surface area (Å²) in [6, 6.07) is 0. The van der Waals surface area contributed by atoms with Crippen molar-refractivity contribution in [2.24, 2.45) is 0 Å². The van der Waals surface area contributed by atoms with Gasteiger partial charge in [-0.1, -0.05) is 311 Å². The Balaban J connectivity index is 4.09. The van der Waals surface area contributed by atoms with Crippen molar-refractivity contribution < 1.29 is 28.6 Å². The lowest BCUT2D eigenvalue weighted by Crippen LogP contribution is -2.30. The topological polar surface area (TPSA) is 78.9 Å². The minimum absolute atomic E-state index is 0.0907. The van der Waals surface area contributed by atoms with Crippen molar-refractivity contribution in [3.05, 3.63) is 85.1 Å². The number of unbranched alkanes of at least 4 members (excludes halogenated alkanes) is 39. The van der Waals surface area contributed by atoms with Gasteiger partial charge in [-0.3, -0.25) is 14.4 Å². The van der Waals surface area contributed by atoms with Gasteiger partial charge >= 0.3 is 17.9 Å². The molecule has 0 bridgehead atoms. The molecule has 0 amide bonds. The molecule has 0 fully saturated rings. The van der Waals surface area contributed by atoms with E-state index in [9.17, 15) is 14.4 Å². The SMILES string of the molecule is CC/C=C\C/C=C\C/C=C\CCCCCCCC(=O)OC(COC(=O)CCCCC/C=C\C/C=C\C/C=C\CC)COC(=O)CCCCCCCCCCCCCCCCCCCCCCCCC/C=C\CCCCCCCCCC. The van der Waals surface area contributed by atoms with E-state index in [1.807, 2.05) is 0 Å². The van der Waals surface area contributed by atoms with Gasteiger partial charge in [0, 0.05) is 19.3 Å². The highest BCUT2D eigenvalue weighted by atomic mass is 16.6. The standard InChI is InChI=1S/C75H132O6/c1-4-7-10-13-16-19-22-25-27-28-29-30-31-32-33-34-35-36-37-38-39-40-41-42-43-44-45-46-48-50-53-56-59-62-65-68-74(77)80-71-72(70-79-73(76)67-64-61-58-55-52-49-24-21-18-15-12-9-6-3)81-75(78)69-66-63-60-57-54-51-47-26-23-20-17-14-11-8-5-2/h8-9,11-12,17-18,20-21,26,28-29,47,49,52,72H,4-7,10,13-16,19,22-25,27,30-46,48,50-51,53-71H2,1-3H3/b11-8-,12-9-,20-17-,21-18-,29-28-,47-26-,52-49-. The number of hydrogen-bond donors (Lipinski definition) is 0. The largest absolute Gasteiger partial charge is 0.462 e. The average Bonchev–Trinajstić information content (AvgIpc) is 3.46. The van der Waals surface area contributed by atoms with E-state index in [1.54, 1.807) is 0 Å². The molecule has 0 aromatic rings. The molecule has 1 unspecified atom stereocenters. The fraction of sp³-hybridized carbons (Fsp3) is 0.773. The summed E-state index contributed by atoms with van der Waals surface area (Å²) in [5, 5.41) is 0. The second-order valence-corrected chi connectivity index (χ2v) is 23.4. The molecule has 6 heteroatoms. The maximum Gasteiger partial charge on any atom is 0.306 e. The van der Waals surface area contributed by atoms with Crippen LogP contribution in [0.2, 0.25) is 0 Å². The average molecular weight is 1130 g/mol. The second-order valence-electron chi connectivity index (χ2n) is 23.4. The van der Waals surface area contributed by atoms with E-state index in [0.29, 0.717) is 19.3 Å². The number of esters is 3. The lowest BCUT2D eigenvalue weighted by molar-refractivity contribution is -0.167. The van der Waals surface area contributed by atoms with Crippen LogP contribution in [0.3, 0.4) is 0 Å². The lowest BCUT2D eigenvalue weighted by atomic mass is 10.0. The number of allylic oxidation sites excluding steroid dienone is 14. The molecule has 0 radical (unpaired) electrons. The van der Waals surface area contributed by atoms with Gasteiger partial charge in [-0.2, -0.15) is 0 Å². The molecule has 0 aliphatic rings. The number of carbonyl (C=O) groups excluding carboxylic acids is 3. The molecule has 81 heavy (non-hydrogen) atoms. The Bertz CT molecular complexity index is 1530. The summed E-state index contributed by atoms with van der Waals surface area (Å²) >= 11 is 0. The molecule has 0 heterocycles. The van der Waals surface area contributed by atoms with Crippen LogP contribution in [0, 0.1) is 0 Å². The third kappa shape index (κ3) is 67.3. The van der Waals surface area contributed by atoms with Crippen molar-refractivity contribution in [1.29, 1.82) is 0 Å². The highest BCUT2D eigenvalue weighted by Crippen LogP contribution is 2.18. The van der Waals surface area contributed by atoms with Crippen molar-refractivity contribution in [2.75, 3.05) is 13.2 Å². The number of rotatable bonds is 64. The zero-order valence-corrected chi connectivity index (χ0v) is 53.8. The quantitative estimate of drug-likeness (QED) is 0.0261. The fourth-order valence-electron chi connectivity index (χ4n) is 10.2. The highest BCUT2D eigenvalue weighted by Gasteiger charge is 2.19. The van der Waals surface area contributed by atoms with Gasteiger partial charge in [-0.15, -0.1) is 0 Å². The third-order valence-electron chi connectivity index (χ3n) is 15.4. The van der Waals surface area contributed by atoms with Crippen LogP contribution in [0.25, 0.3) is 0 Å². The zero-order chi connectivity index (χ0) is 58.5. The first-order chi connectivity index (χ1) is 40.0. The summed E-state index contributed by atoms with van der Waals surface area (Å²) in [6.45, 7) is 6.41. The van der Waals surface area contributed by atoms with E-state index >= 15 is 0 Å². The lowest BCUT2D eigenvalue weighted by Gasteiger charge is -2.18. The predicted molar refractivity (Wildman–Crippen MR) is 353 cm³/mol. The van der Waals surface area contributed by atoms with E-state index in [0.717, 1.165) is 122 Å². The fourth-order valence-corrected chi connectivity index (χ4v) is 10.2. The number of carbonyl (C=O) groups is 3. The Kier molecular flexibility index (Phi) is 66.2. The van der Waals surface area contributed by atoms with Crippen LogP contribution in [0.4, 0.5) is 0 Å². The highest BCUT2D eigenvalue weighted by molar-refractivity contribution is 5.71. The van der Waals surface area contributed by atoms with Gasteiger partial charge in [0.1, 0.15) is 13.2 Å². The Labute approximate surface area is 503 Å². The van der Waals surface area contributed by atoms with E-state index < -0.39 is 6.10 Å². The summed E-state index contributed by atoms with van der Waals surface area (Å²) in [6.07, 6.45) is 92.2. The molecule has 0 aliphatic carbocycles. The molecular formula is C75H132O6. The monoisotopic (exact) mass is 1130 g/mol. The van der Waals surface area contributed by atoms with Crippen LogP contribution in [0.1, 0.15) is 355 Å². The molecule has 0 aliphatic heterocycles. The van der Waals surface area contributed by atoms with Crippen molar-refractivity contribution in [3.63, 3.8) is 0 Å². The summed E-state index contributed by atoms with van der Waals surface area (Å²) in [7, 11) is 0. The molecule has 0 aromatic carbocycles. The molecular weight excluding hydrogens is 997 g/mol. The van der Waals surface area contributed by atoms with Gasteiger partial charge in [-0.25, -0.2) is 0 Å². The summed E-state index contributed by atoms with van der Waals surface area (Å²) in [5.41, 5.74) is 0. The van der Waals surface area contributed by atoms with Gasteiger partial charge in [-0.05, 0) is 109 Å². The van der Waals surface area contributed by atoms with Crippen LogP contribution < -0.4 is 0 Å². The van der Waals surface area contributed by atoms with Gasteiger partial charge in [0.2, 0.25) is 0 Å². The smallest absolute Gasteiger partial charge is 0.306 e. The Morgan fingerprint density at radius 2 is 0.481 bits per heavy atom. The first-order valence-electron chi connectivity index (χ1n) is 35.1. The Morgan fingerprint density at radius 3 is 0.778 bits per heavy atom. The third-order valence-corrected chi connectivity index (χ3v) is 15.4. The van der Waals surface area contributed by atoms with Crippen LogP contribution >= 0.6 is 0 Å². The van der Waals surface area contributed by atoms with E-state index in [1.165, 1.54) is 193 Å². The molecule has 1 atom stereocenters. The molecule has 0 saturated heterocycles. The first-order valence-corrected chi connectivity index (χ1v) is 35.1. The molecule has 6 nitrogen and oxygen atoms in total. The summed E-state index contributed by atoms with van der Waals surface area (Å²) in [4.78, 5) is 38.3. The molecule has 468 valence electrons. The summed E-state index contributed by atoms with van der Waals surface area (Å²) in [5.74, 6) is -0.926. The van der Waals surface area contributed by atoms with Crippen molar-refractivity contribution in [2.45, 2.75) is 361 Å².